The fraction of sp³-hybridized carbons (Fsp3) is 0.862. The normalized spacial score (nSPS) is 12.2. The highest BCUT2D eigenvalue weighted by atomic mass is 16.6. The number of rotatable bonds is 58. The van der Waals surface area contributed by atoms with E-state index in [1.807, 2.05) is 0 Å². The van der Waals surface area contributed by atoms with Gasteiger partial charge in [-0.2, -0.15) is 0 Å². The van der Waals surface area contributed by atoms with E-state index in [9.17, 15) is 14.4 Å². The van der Waals surface area contributed by atoms with Crippen LogP contribution in [0.5, 0.6) is 0 Å². The maximum Gasteiger partial charge on any atom is 0.306 e. The van der Waals surface area contributed by atoms with Crippen LogP contribution in [0, 0.1) is 0 Å². The Bertz CT molecular complexity index is 1190. The lowest BCUT2D eigenvalue weighted by atomic mass is 10.0. The van der Waals surface area contributed by atoms with E-state index in [2.05, 4.69) is 57.2 Å². The quantitative estimate of drug-likeness (QED) is 0.0261. The molecule has 71 heavy (non-hydrogen) atoms. The molecule has 0 rings (SSSR count). The predicted molar refractivity (Wildman–Crippen MR) is 307 cm³/mol. The number of allylic oxidation sites excluding steroid dienone is 6. The largest absolute Gasteiger partial charge is 0.462 e. The van der Waals surface area contributed by atoms with Gasteiger partial charge in [0.1, 0.15) is 13.2 Å². The van der Waals surface area contributed by atoms with Crippen LogP contribution in [0.15, 0.2) is 36.5 Å². The second-order valence-electron chi connectivity index (χ2n) is 21.3. The summed E-state index contributed by atoms with van der Waals surface area (Å²) >= 11 is 0. The van der Waals surface area contributed by atoms with Crippen LogP contribution in [-0.2, 0) is 28.6 Å². The third-order valence-electron chi connectivity index (χ3n) is 14.1. The molecule has 0 N–H and O–H groups in total. The smallest absolute Gasteiger partial charge is 0.306 e. The van der Waals surface area contributed by atoms with Crippen molar-refractivity contribution < 1.29 is 28.6 Å². The van der Waals surface area contributed by atoms with Crippen LogP contribution in [-0.4, -0.2) is 37.2 Å². The van der Waals surface area contributed by atoms with Crippen molar-refractivity contribution in [2.45, 2.75) is 348 Å². The summed E-state index contributed by atoms with van der Waals surface area (Å²) in [5.41, 5.74) is 0. The highest BCUT2D eigenvalue weighted by Gasteiger charge is 2.19. The van der Waals surface area contributed by atoms with E-state index in [4.69, 9.17) is 14.2 Å². The summed E-state index contributed by atoms with van der Waals surface area (Å²) in [5, 5.41) is 0. The predicted octanol–water partition coefficient (Wildman–Crippen LogP) is 21.2. The van der Waals surface area contributed by atoms with Gasteiger partial charge in [0.2, 0.25) is 0 Å². The Morgan fingerprint density at radius 2 is 0.507 bits per heavy atom. The molecule has 416 valence electrons. The lowest BCUT2D eigenvalue weighted by Crippen LogP contribution is -2.30. The molecule has 0 radical (unpaired) electrons. The van der Waals surface area contributed by atoms with Crippen LogP contribution < -0.4 is 0 Å². The van der Waals surface area contributed by atoms with Crippen molar-refractivity contribution in [2.24, 2.45) is 0 Å². The molecule has 6 nitrogen and oxygen atoms in total. The van der Waals surface area contributed by atoms with Crippen molar-refractivity contribution in [2.75, 3.05) is 13.2 Å². The Morgan fingerprint density at radius 1 is 0.282 bits per heavy atom. The van der Waals surface area contributed by atoms with E-state index in [0.29, 0.717) is 19.3 Å². The van der Waals surface area contributed by atoms with E-state index in [-0.39, 0.29) is 31.1 Å². The first kappa shape index (κ1) is 68.6. The van der Waals surface area contributed by atoms with Gasteiger partial charge in [-0.1, -0.05) is 301 Å². The lowest BCUT2D eigenvalue weighted by Gasteiger charge is -2.18. The van der Waals surface area contributed by atoms with Gasteiger partial charge >= 0.3 is 17.9 Å². The van der Waals surface area contributed by atoms with Crippen molar-refractivity contribution in [3.05, 3.63) is 36.5 Å². The third-order valence-corrected chi connectivity index (χ3v) is 14.1. The number of esters is 3. The van der Waals surface area contributed by atoms with Crippen LogP contribution >= 0.6 is 0 Å². The van der Waals surface area contributed by atoms with Gasteiger partial charge in [-0.15, -0.1) is 0 Å². The van der Waals surface area contributed by atoms with Crippen LogP contribution in [0.25, 0.3) is 0 Å². The van der Waals surface area contributed by atoms with E-state index in [0.717, 1.165) is 83.5 Å². The van der Waals surface area contributed by atoms with Crippen LogP contribution in [0.4, 0.5) is 0 Å². The molecule has 0 aliphatic carbocycles. The second-order valence-corrected chi connectivity index (χ2v) is 21.3. The molecular weight excluding hydrogens is 877 g/mol. The Hall–Kier alpha value is -2.37. The van der Waals surface area contributed by atoms with Crippen molar-refractivity contribution in [3.8, 4) is 0 Å². The van der Waals surface area contributed by atoms with Gasteiger partial charge < -0.3 is 14.2 Å². The maximum absolute atomic E-state index is 12.9. The molecule has 1 atom stereocenters. The molecule has 0 saturated carbocycles. The minimum Gasteiger partial charge on any atom is -0.462 e. The Labute approximate surface area is 442 Å². The Balaban J connectivity index is 4.35. The zero-order chi connectivity index (χ0) is 51.4. The monoisotopic (exact) mass is 997 g/mol. The molecule has 0 aromatic carbocycles. The molecule has 0 amide bonds. The zero-order valence-corrected chi connectivity index (χ0v) is 47.8. The molecule has 0 heterocycles. The first-order chi connectivity index (χ1) is 35.0. The number of ether oxygens (including phenoxy) is 3. The summed E-state index contributed by atoms with van der Waals surface area (Å²) in [6, 6.07) is 0. The molecule has 0 aliphatic heterocycles. The molecule has 6 heteroatoms. The van der Waals surface area contributed by atoms with Gasteiger partial charge in [0.15, 0.2) is 6.10 Å². The fourth-order valence-corrected chi connectivity index (χ4v) is 9.39. The number of carbonyl (C=O) groups is 3. The molecule has 0 aromatic rings. The van der Waals surface area contributed by atoms with E-state index in [1.165, 1.54) is 218 Å². The van der Waals surface area contributed by atoms with Gasteiger partial charge in [0, 0.05) is 19.3 Å². The third kappa shape index (κ3) is 58.4. The SMILES string of the molecule is CCCCC/C=C\C/C=C\C/C=C\CCCCCCC(=O)O[C@H](COC(=O)CCCCCCCCCCCCCCCCCCC)COC(=O)CCCCCCCCCCCCCCCCCCCCC. The molecule has 0 unspecified atom stereocenters. The molecule has 0 bridgehead atoms. The van der Waals surface area contributed by atoms with Gasteiger partial charge in [-0.25, -0.2) is 0 Å². The number of hydrogen-bond acceptors (Lipinski definition) is 6. The number of hydrogen-bond donors (Lipinski definition) is 0. The Morgan fingerprint density at radius 3 is 0.817 bits per heavy atom. The average Bonchev–Trinajstić information content (AvgIpc) is 3.37. The topological polar surface area (TPSA) is 78.9 Å². The van der Waals surface area contributed by atoms with Crippen molar-refractivity contribution in [1.29, 1.82) is 0 Å². The molecule has 0 saturated heterocycles. The molecule has 0 aromatic heterocycles. The minimum atomic E-state index is -0.781. The Kier molecular flexibility index (Phi) is 58.2. The molecule has 0 spiro atoms. The molecular formula is C65H120O6. The first-order valence-corrected chi connectivity index (χ1v) is 31.5. The van der Waals surface area contributed by atoms with Crippen LogP contribution in [0.1, 0.15) is 342 Å². The van der Waals surface area contributed by atoms with E-state index < -0.39 is 6.10 Å². The van der Waals surface area contributed by atoms with Crippen molar-refractivity contribution in [3.63, 3.8) is 0 Å². The van der Waals surface area contributed by atoms with E-state index in [1.54, 1.807) is 0 Å². The highest BCUT2D eigenvalue weighted by molar-refractivity contribution is 5.71. The van der Waals surface area contributed by atoms with Crippen molar-refractivity contribution in [1.82, 2.24) is 0 Å². The highest BCUT2D eigenvalue weighted by Crippen LogP contribution is 2.18. The summed E-state index contributed by atoms with van der Waals surface area (Å²) in [6.07, 6.45) is 72.8. The molecule has 0 fully saturated rings. The van der Waals surface area contributed by atoms with Gasteiger partial charge in [-0.05, 0) is 57.8 Å². The van der Waals surface area contributed by atoms with Gasteiger partial charge in [-0.3, -0.25) is 14.4 Å². The van der Waals surface area contributed by atoms with Gasteiger partial charge in [0.25, 0.3) is 0 Å². The first-order valence-electron chi connectivity index (χ1n) is 31.5. The minimum absolute atomic E-state index is 0.0760. The summed E-state index contributed by atoms with van der Waals surface area (Å²) in [4.78, 5) is 38.3. The van der Waals surface area contributed by atoms with Crippen LogP contribution in [0.3, 0.4) is 0 Å². The average molecular weight is 998 g/mol. The summed E-state index contributed by atoms with van der Waals surface area (Å²) < 4.78 is 16.9. The summed E-state index contributed by atoms with van der Waals surface area (Å²) in [7, 11) is 0. The summed E-state index contributed by atoms with van der Waals surface area (Å²) in [6.45, 7) is 6.66. The second kappa shape index (κ2) is 60.2. The van der Waals surface area contributed by atoms with Crippen molar-refractivity contribution >= 4 is 17.9 Å². The fourth-order valence-electron chi connectivity index (χ4n) is 9.39. The maximum atomic E-state index is 12.9. The van der Waals surface area contributed by atoms with Gasteiger partial charge in [0.05, 0.1) is 0 Å². The lowest BCUT2D eigenvalue weighted by molar-refractivity contribution is -0.167. The summed E-state index contributed by atoms with van der Waals surface area (Å²) in [5.74, 6) is -0.873. The zero-order valence-electron chi connectivity index (χ0n) is 47.8. The number of carbonyl (C=O) groups excluding carboxylic acids is 3. The van der Waals surface area contributed by atoms with E-state index >= 15 is 0 Å². The standard InChI is InChI=1S/C65H120O6/c1-4-7-10-13-16-19-22-25-28-31-32-35-37-40-43-46-49-52-55-58-64(67)70-61-62(71-65(68)59-56-53-50-47-44-41-38-34-30-27-24-21-18-15-12-9-6-3)60-69-63(66)57-54-51-48-45-42-39-36-33-29-26-23-20-17-14-11-8-5-2/h18,21,27,30,38,41,62H,4-17,19-20,22-26,28-29,31-37,39-40,42-61H2,1-3H3/b21-18-,30-27-,41-38-/t62-/m1/s1. The van der Waals surface area contributed by atoms with Crippen LogP contribution in [0.2, 0.25) is 0 Å². The number of unbranched alkanes of at least 4 members (excludes halogenated alkanes) is 41. The molecule has 0 aliphatic rings.